The van der Waals surface area contributed by atoms with E-state index in [1.807, 2.05) is 12.1 Å². The molecule has 0 radical (unpaired) electrons. The maximum absolute atomic E-state index is 11.5. The summed E-state index contributed by atoms with van der Waals surface area (Å²) in [4.78, 5) is 18.1. The first-order valence-electron chi connectivity index (χ1n) is 24.2. The summed E-state index contributed by atoms with van der Waals surface area (Å²) >= 11 is 3.22. The van der Waals surface area contributed by atoms with Crippen LogP contribution in [0.25, 0.3) is 48.5 Å². The summed E-state index contributed by atoms with van der Waals surface area (Å²) in [6, 6.07) is 52.3. The van der Waals surface area contributed by atoms with Crippen LogP contribution in [-0.4, -0.2) is 11.1 Å². The van der Waals surface area contributed by atoms with E-state index in [0.717, 1.165) is 56.4 Å². The van der Waals surface area contributed by atoms with Crippen LogP contribution in [0.2, 0.25) is 0 Å². The van der Waals surface area contributed by atoms with Gasteiger partial charge in [0.25, 0.3) is 0 Å². The summed E-state index contributed by atoms with van der Waals surface area (Å²) in [5, 5.41) is 18.7. The molecule has 2 heterocycles. The number of nitrogens with zero attached hydrogens (tertiary/aromatic N) is 2. The van der Waals surface area contributed by atoms with Crippen LogP contribution < -0.4 is 4.90 Å². The molecule has 0 saturated heterocycles. The lowest BCUT2D eigenvalue weighted by atomic mass is 9.70. The zero-order chi connectivity index (χ0) is 45.8. The lowest BCUT2D eigenvalue weighted by Crippen LogP contribution is -2.26. The number of carboxylic acid groups (broad SMARTS) is 1. The Balaban J connectivity index is 1.17. The number of nitriles is 1. The first-order valence-corrected chi connectivity index (χ1v) is 25.9. The molecule has 0 unspecified atom stereocenters. The zero-order valence-electron chi connectivity index (χ0n) is 38.8. The predicted molar refractivity (Wildman–Crippen MR) is 280 cm³/mol. The molecule has 9 rings (SSSR count). The standard InChI is InChI=1S/C60H60N2O2S2/c1-5-9-33-59(34-10-6-2)51-19-15-13-17-47(51)49-28-25-44(38-53(49)59)62(45-26-29-50-48-18-14-16-20-52(48)60(35-11-7-3,36-12-8-4)54(50)39-45)43-23-21-41(22-24-43)55-31-32-57(66-55)56-30-27-46(65-56)37-42(40-61)58(63)64/h13-32,37-39H,5-12,33-36H2,1-4H3,(H,63,64)/b42-37-. The molecule has 7 aromatic rings. The number of benzene rings is 5. The highest BCUT2D eigenvalue weighted by Crippen LogP contribution is 2.58. The molecule has 4 nitrogen and oxygen atoms in total. The van der Waals surface area contributed by atoms with Gasteiger partial charge in [0.05, 0.1) is 0 Å². The highest BCUT2D eigenvalue weighted by atomic mass is 32.1. The van der Waals surface area contributed by atoms with Gasteiger partial charge in [0.1, 0.15) is 11.6 Å². The minimum Gasteiger partial charge on any atom is -0.477 e. The number of aliphatic carboxylic acids is 1. The number of hydrogen-bond donors (Lipinski definition) is 1. The van der Waals surface area contributed by atoms with Crippen LogP contribution in [0.4, 0.5) is 17.1 Å². The molecule has 0 bridgehead atoms. The van der Waals surface area contributed by atoms with Gasteiger partial charge in [0, 0.05) is 47.4 Å². The van der Waals surface area contributed by atoms with Crippen molar-refractivity contribution in [1.29, 1.82) is 5.26 Å². The molecule has 2 aromatic heterocycles. The van der Waals surface area contributed by atoms with Crippen LogP contribution in [-0.2, 0) is 15.6 Å². The molecular formula is C60H60N2O2S2. The van der Waals surface area contributed by atoms with Crippen LogP contribution in [0.15, 0.2) is 139 Å². The Kier molecular flexibility index (Phi) is 13.3. The second-order valence-corrected chi connectivity index (χ2v) is 20.6. The molecule has 334 valence electrons. The second kappa shape index (κ2) is 19.5. The van der Waals surface area contributed by atoms with E-state index >= 15 is 0 Å². The average Bonchev–Trinajstić information content (AvgIpc) is 4.14. The van der Waals surface area contributed by atoms with Gasteiger partial charge in [0.2, 0.25) is 0 Å². The Hall–Kier alpha value is -6.00. The number of rotatable bonds is 19. The fourth-order valence-electron chi connectivity index (χ4n) is 11.1. The highest BCUT2D eigenvalue weighted by Gasteiger charge is 2.44. The third kappa shape index (κ3) is 8.16. The summed E-state index contributed by atoms with van der Waals surface area (Å²) in [7, 11) is 0. The van der Waals surface area contributed by atoms with Crippen molar-refractivity contribution in [2.45, 2.75) is 116 Å². The van der Waals surface area contributed by atoms with Crippen LogP contribution in [0.1, 0.15) is 132 Å². The molecule has 0 spiro atoms. The number of unbranched alkanes of at least 4 members (excludes halogenated alkanes) is 4. The van der Waals surface area contributed by atoms with Gasteiger partial charge in [-0.05, 0) is 142 Å². The summed E-state index contributed by atoms with van der Waals surface area (Å²) in [5.41, 5.74) is 15.9. The monoisotopic (exact) mass is 904 g/mol. The molecule has 5 aromatic carbocycles. The van der Waals surface area contributed by atoms with E-state index in [1.54, 1.807) is 17.4 Å². The number of hydrogen-bond acceptors (Lipinski definition) is 5. The fourth-order valence-corrected chi connectivity index (χ4v) is 13.2. The van der Waals surface area contributed by atoms with Crippen LogP contribution in [0, 0.1) is 11.3 Å². The van der Waals surface area contributed by atoms with E-state index < -0.39 is 5.97 Å². The summed E-state index contributed by atoms with van der Waals surface area (Å²) in [5.74, 6) is -1.21. The van der Waals surface area contributed by atoms with Crippen LogP contribution >= 0.6 is 22.7 Å². The van der Waals surface area contributed by atoms with Crippen molar-refractivity contribution in [2.24, 2.45) is 0 Å². The van der Waals surface area contributed by atoms with Crippen molar-refractivity contribution in [1.82, 2.24) is 0 Å². The maximum Gasteiger partial charge on any atom is 0.346 e. The molecule has 6 heteroatoms. The largest absolute Gasteiger partial charge is 0.477 e. The van der Waals surface area contributed by atoms with Gasteiger partial charge in [-0.15, -0.1) is 22.7 Å². The fraction of sp³-hybridized carbons (Fsp3) is 0.300. The topological polar surface area (TPSA) is 64.3 Å². The van der Waals surface area contributed by atoms with E-state index in [9.17, 15) is 15.2 Å². The van der Waals surface area contributed by atoms with Crippen LogP contribution in [0.3, 0.4) is 0 Å². The van der Waals surface area contributed by atoms with Crippen molar-refractivity contribution in [2.75, 3.05) is 4.90 Å². The average molecular weight is 905 g/mol. The number of anilines is 3. The Morgan fingerprint density at radius 3 is 1.47 bits per heavy atom. The molecule has 1 N–H and O–H groups in total. The third-order valence-corrected chi connectivity index (χ3v) is 16.7. The molecule has 2 aliphatic carbocycles. The van der Waals surface area contributed by atoms with E-state index in [0.29, 0.717) is 0 Å². The second-order valence-electron chi connectivity index (χ2n) is 18.4. The molecule has 0 atom stereocenters. The SMILES string of the molecule is CCCCC1(CCCC)c2ccccc2-c2ccc(N(c3ccc(-c4ccc(-c5ccc(/C=C(/C#N)C(=O)O)s5)s4)cc3)c3ccc4c(c3)C(CCCC)(CCCC)c3ccccc3-4)cc21. The van der Waals surface area contributed by atoms with Crippen molar-refractivity contribution in [3.8, 4) is 48.5 Å². The van der Waals surface area contributed by atoms with Gasteiger partial charge in [-0.1, -0.05) is 152 Å². The van der Waals surface area contributed by atoms with Gasteiger partial charge in [-0.25, -0.2) is 4.79 Å². The lowest BCUT2D eigenvalue weighted by molar-refractivity contribution is -0.132. The van der Waals surface area contributed by atoms with E-state index in [1.165, 1.54) is 125 Å². The minimum absolute atomic E-state index is 0.0245. The Bertz CT molecular complexity index is 2810. The predicted octanol–water partition coefficient (Wildman–Crippen LogP) is 17.9. The number of carboxylic acids is 1. The van der Waals surface area contributed by atoms with Crippen molar-refractivity contribution < 1.29 is 9.90 Å². The van der Waals surface area contributed by atoms with E-state index in [-0.39, 0.29) is 16.4 Å². The van der Waals surface area contributed by atoms with Crippen LogP contribution in [0.5, 0.6) is 0 Å². The number of carbonyl (C=O) groups is 1. The summed E-state index contributed by atoms with van der Waals surface area (Å²) in [6.07, 6.45) is 15.5. The van der Waals surface area contributed by atoms with E-state index in [2.05, 4.69) is 154 Å². The zero-order valence-corrected chi connectivity index (χ0v) is 40.5. The molecule has 0 fully saturated rings. The lowest BCUT2D eigenvalue weighted by Gasteiger charge is -2.35. The number of fused-ring (bicyclic) bond motifs is 6. The summed E-state index contributed by atoms with van der Waals surface area (Å²) < 4.78 is 0. The highest BCUT2D eigenvalue weighted by molar-refractivity contribution is 7.24. The minimum atomic E-state index is -1.21. The van der Waals surface area contributed by atoms with Gasteiger partial charge < -0.3 is 10.0 Å². The first-order chi connectivity index (χ1) is 32.3. The van der Waals surface area contributed by atoms with Crippen molar-refractivity contribution >= 4 is 51.8 Å². The maximum atomic E-state index is 11.5. The molecular weight excluding hydrogens is 845 g/mol. The summed E-state index contributed by atoms with van der Waals surface area (Å²) in [6.45, 7) is 9.31. The van der Waals surface area contributed by atoms with Gasteiger partial charge >= 0.3 is 5.97 Å². The smallest absolute Gasteiger partial charge is 0.346 e. The van der Waals surface area contributed by atoms with Gasteiger partial charge in [-0.2, -0.15) is 5.26 Å². The van der Waals surface area contributed by atoms with Gasteiger partial charge in [0.15, 0.2) is 0 Å². The quantitative estimate of drug-likeness (QED) is 0.0649. The first kappa shape index (κ1) is 45.2. The molecule has 0 aliphatic heterocycles. The molecule has 0 amide bonds. The van der Waals surface area contributed by atoms with Gasteiger partial charge in [-0.3, -0.25) is 0 Å². The Labute approximate surface area is 399 Å². The van der Waals surface area contributed by atoms with Crippen molar-refractivity contribution in [3.05, 3.63) is 166 Å². The van der Waals surface area contributed by atoms with Crippen molar-refractivity contribution in [3.63, 3.8) is 0 Å². The normalized spacial score (nSPS) is 14.0. The Morgan fingerprint density at radius 1 is 0.545 bits per heavy atom. The Morgan fingerprint density at radius 2 is 0.985 bits per heavy atom. The molecule has 2 aliphatic rings. The third-order valence-electron chi connectivity index (χ3n) is 14.4. The molecule has 66 heavy (non-hydrogen) atoms. The number of thiophene rings is 2. The molecule has 0 saturated carbocycles. The van der Waals surface area contributed by atoms with E-state index in [4.69, 9.17) is 0 Å².